The van der Waals surface area contributed by atoms with Crippen LogP contribution < -0.4 is 9.47 Å². The molecular weight excluding hydrogens is 367 g/mol. The maximum Gasteiger partial charge on any atom is 0.165 e. The van der Waals surface area contributed by atoms with Gasteiger partial charge in [-0.15, -0.1) is 0 Å². The highest BCUT2D eigenvalue weighted by molar-refractivity contribution is 5.37. The molecule has 4 heteroatoms. The maximum atomic E-state index is 14.1. The van der Waals surface area contributed by atoms with E-state index in [2.05, 4.69) is 12.1 Å². The van der Waals surface area contributed by atoms with E-state index >= 15 is 0 Å². The second-order valence-electron chi connectivity index (χ2n) is 7.41. The van der Waals surface area contributed by atoms with E-state index in [4.69, 9.17) is 14.2 Å². The Morgan fingerprint density at radius 1 is 0.897 bits per heavy atom. The van der Waals surface area contributed by atoms with Crippen LogP contribution in [0.4, 0.5) is 4.39 Å². The minimum Gasteiger partial charge on any atom is -0.494 e. The molecule has 0 aromatic heterocycles. The summed E-state index contributed by atoms with van der Waals surface area (Å²) in [6.07, 6.45) is 2.24. The smallest absolute Gasteiger partial charge is 0.165 e. The molecule has 1 aliphatic rings. The van der Waals surface area contributed by atoms with Crippen LogP contribution in [0.1, 0.15) is 30.9 Å². The van der Waals surface area contributed by atoms with Crippen molar-refractivity contribution < 1.29 is 18.6 Å². The van der Waals surface area contributed by atoms with Crippen LogP contribution in [-0.4, -0.2) is 13.2 Å². The summed E-state index contributed by atoms with van der Waals surface area (Å²) in [5, 5.41) is 0. The molecule has 0 heterocycles. The molecule has 1 saturated carbocycles. The van der Waals surface area contributed by atoms with Gasteiger partial charge in [0.05, 0.1) is 19.8 Å². The number of hydrogen-bond donors (Lipinski definition) is 0. The third kappa shape index (κ3) is 4.77. The van der Waals surface area contributed by atoms with Crippen LogP contribution in [0.25, 0.3) is 0 Å². The molecule has 0 amide bonds. The van der Waals surface area contributed by atoms with Gasteiger partial charge in [0.25, 0.3) is 0 Å². The van der Waals surface area contributed by atoms with E-state index in [0.717, 1.165) is 24.2 Å². The van der Waals surface area contributed by atoms with Crippen molar-refractivity contribution in [1.29, 1.82) is 0 Å². The van der Waals surface area contributed by atoms with Gasteiger partial charge in [0.2, 0.25) is 0 Å². The van der Waals surface area contributed by atoms with Crippen LogP contribution in [0.15, 0.2) is 72.8 Å². The van der Waals surface area contributed by atoms with Gasteiger partial charge in [-0.1, -0.05) is 36.4 Å². The second kappa shape index (κ2) is 8.66. The summed E-state index contributed by atoms with van der Waals surface area (Å²) in [6, 6.07) is 22.4. The standard InChI is InChI=1S/C25H25FO3/c1-2-28-21-11-9-20(10-12-21)25(14-15-25)18-27-17-19-8-13-23(26)24(16-19)29-22-6-4-3-5-7-22/h3-13,16H,2,14-15,17-18H2,1H3. The molecule has 0 unspecified atom stereocenters. The fraction of sp³-hybridized carbons (Fsp3) is 0.280. The Balaban J connectivity index is 1.36. The molecule has 0 N–H and O–H groups in total. The molecule has 3 aromatic rings. The van der Waals surface area contributed by atoms with Gasteiger partial charge < -0.3 is 14.2 Å². The Labute approximate surface area is 171 Å². The lowest BCUT2D eigenvalue weighted by Gasteiger charge is -2.17. The van der Waals surface area contributed by atoms with Crippen LogP contribution in [0.3, 0.4) is 0 Å². The topological polar surface area (TPSA) is 27.7 Å². The first-order chi connectivity index (χ1) is 14.2. The van der Waals surface area contributed by atoms with Crippen molar-refractivity contribution in [3.05, 3.63) is 89.7 Å². The number of halogens is 1. The molecule has 0 spiro atoms. The Morgan fingerprint density at radius 2 is 1.66 bits per heavy atom. The van der Waals surface area contributed by atoms with Gasteiger partial charge in [0, 0.05) is 5.41 Å². The highest BCUT2D eigenvalue weighted by Gasteiger charge is 2.44. The first-order valence-corrected chi connectivity index (χ1v) is 10.0. The maximum absolute atomic E-state index is 14.1. The molecule has 0 radical (unpaired) electrons. The van der Waals surface area contributed by atoms with E-state index < -0.39 is 0 Å². The SMILES string of the molecule is CCOc1ccc(C2(COCc3ccc(F)c(Oc4ccccc4)c3)CC2)cc1. The zero-order valence-electron chi connectivity index (χ0n) is 16.6. The van der Waals surface area contributed by atoms with Crippen molar-refractivity contribution in [2.24, 2.45) is 0 Å². The van der Waals surface area contributed by atoms with Gasteiger partial charge in [-0.05, 0) is 67.3 Å². The minimum absolute atomic E-state index is 0.0914. The number of para-hydroxylation sites is 1. The summed E-state index contributed by atoms with van der Waals surface area (Å²) in [7, 11) is 0. The zero-order chi connectivity index (χ0) is 20.1. The van der Waals surface area contributed by atoms with Crippen molar-refractivity contribution in [1.82, 2.24) is 0 Å². The summed E-state index contributed by atoms with van der Waals surface area (Å²) >= 11 is 0. The molecule has 0 bridgehead atoms. The predicted octanol–water partition coefficient (Wildman–Crippen LogP) is 6.27. The number of ether oxygens (including phenoxy) is 3. The highest BCUT2D eigenvalue weighted by atomic mass is 19.1. The lowest BCUT2D eigenvalue weighted by atomic mass is 9.97. The van der Waals surface area contributed by atoms with Crippen molar-refractivity contribution in [3.8, 4) is 17.2 Å². The van der Waals surface area contributed by atoms with E-state index in [0.29, 0.717) is 25.6 Å². The summed E-state index contributed by atoms with van der Waals surface area (Å²) in [4.78, 5) is 0. The van der Waals surface area contributed by atoms with Crippen LogP contribution in [0.5, 0.6) is 17.2 Å². The number of rotatable bonds is 9. The Hall–Kier alpha value is -2.85. The molecule has 1 aliphatic carbocycles. The van der Waals surface area contributed by atoms with Gasteiger partial charge in [0.15, 0.2) is 11.6 Å². The monoisotopic (exact) mass is 392 g/mol. The first kappa shape index (κ1) is 19.5. The van der Waals surface area contributed by atoms with Crippen molar-refractivity contribution in [3.63, 3.8) is 0 Å². The minimum atomic E-state index is -0.384. The Bertz CT molecular complexity index is 934. The molecule has 0 saturated heterocycles. The fourth-order valence-electron chi connectivity index (χ4n) is 3.43. The number of benzene rings is 3. The molecule has 0 aliphatic heterocycles. The quantitative estimate of drug-likeness (QED) is 0.430. The first-order valence-electron chi connectivity index (χ1n) is 10.0. The normalized spacial score (nSPS) is 14.4. The van der Waals surface area contributed by atoms with Crippen LogP contribution in [-0.2, 0) is 16.8 Å². The molecule has 29 heavy (non-hydrogen) atoms. The van der Waals surface area contributed by atoms with Gasteiger partial charge in [-0.3, -0.25) is 0 Å². The average molecular weight is 392 g/mol. The Morgan fingerprint density at radius 3 is 2.34 bits per heavy atom. The van der Waals surface area contributed by atoms with E-state index in [1.165, 1.54) is 11.6 Å². The molecule has 150 valence electrons. The zero-order valence-corrected chi connectivity index (χ0v) is 16.6. The van der Waals surface area contributed by atoms with Gasteiger partial charge >= 0.3 is 0 Å². The highest BCUT2D eigenvalue weighted by Crippen LogP contribution is 2.48. The van der Waals surface area contributed by atoms with Crippen molar-refractivity contribution in [2.45, 2.75) is 31.8 Å². The summed E-state index contributed by atoms with van der Waals surface area (Å²) in [5.74, 6) is 1.33. The Kier molecular flexibility index (Phi) is 5.81. The lowest BCUT2D eigenvalue weighted by Crippen LogP contribution is -2.15. The number of hydrogen-bond acceptors (Lipinski definition) is 3. The largest absolute Gasteiger partial charge is 0.494 e. The van der Waals surface area contributed by atoms with E-state index in [-0.39, 0.29) is 17.0 Å². The predicted molar refractivity (Wildman–Crippen MR) is 111 cm³/mol. The van der Waals surface area contributed by atoms with Gasteiger partial charge in [0.1, 0.15) is 11.5 Å². The summed E-state index contributed by atoms with van der Waals surface area (Å²) in [6.45, 7) is 3.72. The summed E-state index contributed by atoms with van der Waals surface area (Å²) in [5.41, 5.74) is 2.27. The van der Waals surface area contributed by atoms with E-state index in [1.807, 2.05) is 37.3 Å². The molecule has 3 aromatic carbocycles. The second-order valence-corrected chi connectivity index (χ2v) is 7.41. The third-order valence-corrected chi connectivity index (χ3v) is 5.24. The van der Waals surface area contributed by atoms with Gasteiger partial charge in [-0.2, -0.15) is 0 Å². The summed E-state index contributed by atoms with van der Waals surface area (Å²) < 4.78 is 31.3. The molecule has 0 atom stereocenters. The lowest BCUT2D eigenvalue weighted by molar-refractivity contribution is 0.100. The van der Waals surface area contributed by atoms with Crippen molar-refractivity contribution >= 4 is 0 Å². The fourth-order valence-corrected chi connectivity index (χ4v) is 3.43. The molecular formula is C25H25FO3. The van der Waals surface area contributed by atoms with E-state index in [1.54, 1.807) is 24.3 Å². The van der Waals surface area contributed by atoms with Crippen LogP contribution in [0.2, 0.25) is 0 Å². The third-order valence-electron chi connectivity index (χ3n) is 5.24. The molecule has 4 rings (SSSR count). The van der Waals surface area contributed by atoms with Crippen molar-refractivity contribution in [2.75, 3.05) is 13.2 Å². The van der Waals surface area contributed by atoms with Crippen LogP contribution in [0, 0.1) is 5.82 Å². The van der Waals surface area contributed by atoms with Gasteiger partial charge in [-0.25, -0.2) is 4.39 Å². The molecule has 3 nitrogen and oxygen atoms in total. The average Bonchev–Trinajstić information content (AvgIpc) is 3.53. The van der Waals surface area contributed by atoms with E-state index in [9.17, 15) is 4.39 Å². The van der Waals surface area contributed by atoms with Crippen LogP contribution >= 0.6 is 0 Å². The molecule has 1 fully saturated rings.